The van der Waals surface area contributed by atoms with Gasteiger partial charge in [-0.25, -0.2) is 4.79 Å². The van der Waals surface area contributed by atoms with Crippen molar-refractivity contribution in [2.75, 3.05) is 13.1 Å². The zero-order chi connectivity index (χ0) is 13.9. The molecule has 0 spiro atoms. The first kappa shape index (κ1) is 12.9. The van der Waals surface area contributed by atoms with Gasteiger partial charge in [0.1, 0.15) is 11.3 Å². The normalized spacial score (nSPS) is 21.1. The van der Waals surface area contributed by atoms with Crippen LogP contribution in [0, 0.1) is 6.92 Å². The van der Waals surface area contributed by atoms with Gasteiger partial charge in [-0.1, -0.05) is 28.9 Å². The second kappa shape index (κ2) is 5.49. The highest BCUT2D eigenvalue weighted by molar-refractivity contribution is 6.28. The number of carbonyl (C=O) groups excluding carboxylic acids is 1. The molecule has 4 nitrogen and oxygen atoms in total. The molecule has 2 aliphatic rings. The second-order valence-electron chi connectivity index (χ2n) is 5.33. The highest BCUT2D eigenvalue weighted by atomic mass is 16.7. The third-order valence-electron chi connectivity index (χ3n) is 3.69. The van der Waals surface area contributed by atoms with E-state index in [2.05, 4.69) is 10.1 Å². The lowest BCUT2D eigenvalue weighted by atomic mass is 10.0. The number of rotatable bonds is 2. The number of oxime groups is 1. The highest BCUT2D eigenvalue weighted by Gasteiger charge is 2.28. The van der Waals surface area contributed by atoms with Crippen molar-refractivity contribution in [1.29, 1.82) is 0 Å². The van der Waals surface area contributed by atoms with Gasteiger partial charge in [-0.3, -0.25) is 0 Å². The molecule has 2 aliphatic heterocycles. The molecular formula is C16H18N2O2. The Bertz CT molecular complexity index is 584. The van der Waals surface area contributed by atoms with Gasteiger partial charge in [-0.15, -0.1) is 0 Å². The van der Waals surface area contributed by atoms with E-state index >= 15 is 0 Å². The van der Waals surface area contributed by atoms with E-state index in [0.717, 1.165) is 24.2 Å². The molecule has 1 saturated heterocycles. The minimum Gasteiger partial charge on any atom is -0.377 e. The minimum atomic E-state index is -0.355. The Balaban J connectivity index is 1.90. The first-order valence-electron chi connectivity index (χ1n) is 7.07. The van der Waals surface area contributed by atoms with Crippen LogP contribution in [0.3, 0.4) is 0 Å². The summed E-state index contributed by atoms with van der Waals surface area (Å²) >= 11 is 0. The first-order valence-corrected chi connectivity index (χ1v) is 7.07. The van der Waals surface area contributed by atoms with Gasteiger partial charge in [0.15, 0.2) is 0 Å². The number of hydrogen-bond donors (Lipinski definition) is 0. The van der Waals surface area contributed by atoms with Crippen molar-refractivity contribution in [2.24, 2.45) is 5.16 Å². The van der Waals surface area contributed by atoms with Crippen LogP contribution in [0.2, 0.25) is 0 Å². The predicted octanol–water partition coefficient (Wildman–Crippen LogP) is 2.63. The molecule has 3 rings (SSSR count). The first-order chi connectivity index (χ1) is 9.74. The minimum absolute atomic E-state index is 0.355. The largest absolute Gasteiger partial charge is 0.377 e. The second-order valence-corrected chi connectivity index (χ2v) is 5.33. The Morgan fingerprint density at radius 1 is 1.25 bits per heavy atom. The molecule has 1 fully saturated rings. The van der Waals surface area contributed by atoms with E-state index in [1.165, 1.54) is 19.3 Å². The van der Waals surface area contributed by atoms with E-state index < -0.39 is 0 Å². The van der Waals surface area contributed by atoms with E-state index in [9.17, 15) is 4.79 Å². The average molecular weight is 270 g/mol. The Kier molecular flexibility index (Phi) is 3.54. The zero-order valence-corrected chi connectivity index (χ0v) is 11.6. The lowest BCUT2D eigenvalue weighted by molar-refractivity contribution is -0.136. The van der Waals surface area contributed by atoms with Crippen molar-refractivity contribution in [2.45, 2.75) is 26.2 Å². The van der Waals surface area contributed by atoms with Crippen molar-refractivity contribution in [1.82, 2.24) is 4.90 Å². The van der Waals surface area contributed by atoms with Crippen LogP contribution >= 0.6 is 0 Å². The van der Waals surface area contributed by atoms with E-state index in [-0.39, 0.29) is 5.97 Å². The number of likely N-dealkylation sites (tertiary alicyclic amines) is 1. The fourth-order valence-electron chi connectivity index (χ4n) is 2.63. The van der Waals surface area contributed by atoms with E-state index in [1.54, 1.807) is 0 Å². The summed E-state index contributed by atoms with van der Waals surface area (Å²) in [4.78, 5) is 18.9. The van der Waals surface area contributed by atoms with E-state index in [1.807, 2.05) is 37.4 Å². The Morgan fingerprint density at radius 3 is 2.80 bits per heavy atom. The van der Waals surface area contributed by atoms with Gasteiger partial charge >= 0.3 is 5.97 Å². The van der Waals surface area contributed by atoms with E-state index in [4.69, 9.17) is 4.84 Å². The Hall–Kier alpha value is -2.10. The summed E-state index contributed by atoms with van der Waals surface area (Å²) in [6.45, 7) is 4.02. The van der Waals surface area contributed by atoms with Gasteiger partial charge in [0.25, 0.3) is 0 Å². The molecule has 0 unspecified atom stereocenters. The molecule has 0 amide bonds. The summed E-state index contributed by atoms with van der Waals surface area (Å²) in [5.74, 6) is -0.355. The fraction of sp³-hybridized carbons (Fsp3) is 0.375. The number of hydrogen-bond acceptors (Lipinski definition) is 4. The molecule has 0 radical (unpaired) electrons. The summed E-state index contributed by atoms with van der Waals surface area (Å²) in [5.41, 5.74) is 3.28. The third kappa shape index (κ3) is 2.59. The summed E-state index contributed by atoms with van der Waals surface area (Å²) in [6.07, 6.45) is 5.53. The van der Waals surface area contributed by atoms with Crippen molar-refractivity contribution in [3.8, 4) is 0 Å². The number of piperidine rings is 1. The third-order valence-corrected chi connectivity index (χ3v) is 3.69. The molecule has 0 bridgehead atoms. The zero-order valence-electron chi connectivity index (χ0n) is 11.6. The summed E-state index contributed by atoms with van der Waals surface area (Å²) in [7, 11) is 0. The molecule has 0 saturated carbocycles. The molecule has 4 heteroatoms. The number of benzene rings is 1. The topological polar surface area (TPSA) is 41.9 Å². The van der Waals surface area contributed by atoms with Gasteiger partial charge in [0, 0.05) is 24.9 Å². The number of aryl methyl sites for hydroxylation is 1. The summed E-state index contributed by atoms with van der Waals surface area (Å²) in [5, 5.41) is 3.95. The van der Waals surface area contributed by atoms with Crippen molar-refractivity contribution in [3.05, 3.63) is 47.2 Å². The van der Waals surface area contributed by atoms with E-state index in [0.29, 0.717) is 11.3 Å². The molecule has 0 atom stereocenters. The molecule has 1 aromatic rings. The maximum Gasteiger partial charge on any atom is 0.369 e. The maximum absolute atomic E-state index is 11.9. The van der Waals surface area contributed by atoms with Gasteiger partial charge in [-0.2, -0.15) is 0 Å². The van der Waals surface area contributed by atoms with Crippen LogP contribution in [-0.2, 0) is 9.63 Å². The van der Waals surface area contributed by atoms with Gasteiger partial charge < -0.3 is 9.74 Å². The lowest BCUT2D eigenvalue weighted by Crippen LogP contribution is -2.26. The van der Waals surface area contributed by atoms with Gasteiger partial charge in [-0.05, 0) is 32.3 Å². The quantitative estimate of drug-likeness (QED) is 0.613. The molecule has 0 aromatic heterocycles. The van der Waals surface area contributed by atoms with Crippen LogP contribution in [0.1, 0.15) is 30.4 Å². The molecule has 104 valence electrons. The van der Waals surface area contributed by atoms with Crippen molar-refractivity contribution < 1.29 is 9.63 Å². The molecular weight excluding hydrogens is 252 g/mol. The highest BCUT2D eigenvalue weighted by Crippen LogP contribution is 2.20. The average Bonchev–Trinajstić information content (AvgIpc) is 2.82. The number of nitrogens with zero attached hydrogens (tertiary/aromatic N) is 2. The van der Waals surface area contributed by atoms with Crippen LogP contribution < -0.4 is 0 Å². The standard InChI is InChI=1S/C16H18N2O2/c1-12-6-5-7-13(10-12)15-14(16(19)20-17-15)11-18-8-3-2-4-9-18/h5-7,10-11H,2-4,8-9H2,1H3. The van der Waals surface area contributed by atoms with Gasteiger partial charge in [0.05, 0.1) is 0 Å². The van der Waals surface area contributed by atoms with Crippen LogP contribution in [0.4, 0.5) is 0 Å². The predicted molar refractivity (Wildman–Crippen MR) is 77.3 cm³/mol. The summed E-state index contributed by atoms with van der Waals surface area (Å²) < 4.78 is 0. The molecule has 0 aliphatic carbocycles. The van der Waals surface area contributed by atoms with Crippen molar-refractivity contribution >= 4 is 11.7 Å². The molecule has 20 heavy (non-hydrogen) atoms. The van der Waals surface area contributed by atoms with Crippen LogP contribution in [0.15, 0.2) is 41.2 Å². The molecule has 2 heterocycles. The SMILES string of the molecule is Cc1cccc(C2=NOC(=O)C2=CN2CCCCC2)c1. The Morgan fingerprint density at radius 2 is 2.05 bits per heavy atom. The molecule has 1 aromatic carbocycles. The Labute approximate surface area is 118 Å². The van der Waals surface area contributed by atoms with Crippen LogP contribution in [0.5, 0.6) is 0 Å². The fourth-order valence-corrected chi connectivity index (χ4v) is 2.63. The smallest absolute Gasteiger partial charge is 0.369 e. The molecule has 0 N–H and O–H groups in total. The van der Waals surface area contributed by atoms with Crippen LogP contribution in [-0.4, -0.2) is 29.7 Å². The maximum atomic E-state index is 11.9. The number of carbonyl (C=O) groups is 1. The van der Waals surface area contributed by atoms with Gasteiger partial charge in [0.2, 0.25) is 0 Å². The van der Waals surface area contributed by atoms with Crippen molar-refractivity contribution in [3.63, 3.8) is 0 Å². The monoisotopic (exact) mass is 270 g/mol. The lowest BCUT2D eigenvalue weighted by Gasteiger charge is -2.25. The van der Waals surface area contributed by atoms with Crippen LogP contribution in [0.25, 0.3) is 0 Å². The summed E-state index contributed by atoms with van der Waals surface area (Å²) in [6, 6.07) is 7.97.